The van der Waals surface area contributed by atoms with Crippen molar-refractivity contribution in [2.24, 2.45) is 0 Å². The highest BCUT2D eigenvalue weighted by Gasteiger charge is 2.28. The van der Waals surface area contributed by atoms with Gasteiger partial charge in [-0.1, -0.05) is 30.3 Å². The number of sulfonamides is 2. The van der Waals surface area contributed by atoms with E-state index in [-0.39, 0.29) is 11.5 Å². The Balaban J connectivity index is 1.81. The number of hydrogen-bond acceptors (Lipinski definition) is 4. The van der Waals surface area contributed by atoms with E-state index in [1.165, 1.54) is 4.31 Å². The third kappa shape index (κ3) is 4.13. The lowest BCUT2D eigenvalue weighted by Crippen LogP contribution is -2.25. The first-order valence-corrected chi connectivity index (χ1v) is 11.2. The minimum absolute atomic E-state index is 0.121. The molecule has 0 saturated carbocycles. The van der Waals surface area contributed by atoms with Gasteiger partial charge in [0, 0.05) is 6.54 Å². The molecular formula is C17H20N2O4S2. The first-order valence-electron chi connectivity index (χ1n) is 7.92. The van der Waals surface area contributed by atoms with Gasteiger partial charge in [0.15, 0.2) is 0 Å². The fourth-order valence-electron chi connectivity index (χ4n) is 2.85. The average Bonchev–Trinajstić information content (AvgIpc) is 2.88. The Kier molecular flexibility index (Phi) is 4.75. The zero-order chi connectivity index (χ0) is 18.1. The van der Waals surface area contributed by atoms with Crippen LogP contribution in [0.4, 0.5) is 11.4 Å². The lowest BCUT2D eigenvalue weighted by molar-refractivity contribution is 0.598. The summed E-state index contributed by atoms with van der Waals surface area (Å²) in [5.74, 6) is -0.0118. The standard InChI is InChI=1S/C17H20N2O4S2/c1-14-6-2-3-7-15(14)13-24(20,21)18-16-8-4-9-17(12-16)19-10-5-11-25(19,22)23/h2-4,6-9,12,18H,5,10-11,13H2,1H3. The summed E-state index contributed by atoms with van der Waals surface area (Å²) in [4.78, 5) is 0. The molecule has 1 aliphatic heterocycles. The number of rotatable bonds is 5. The highest BCUT2D eigenvalue weighted by Crippen LogP contribution is 2.27. The summed E-state index contributed by atoms with van der Waals surface area (Å²) in [6, 6.07) is 13.8. The molecule has 1 aliphatic rings. The molecule has 25 heavy (non-hydrogen) atoms. The predicted molar refractivity (Wildman–Crippen MR) is 99.6 cm³/mol. The van der Waals surface area contributed by atoms with Gasteiger partial charge in [0.1, 0.15) is 0 Å². The Bertz CT molecular complexity index is 985. The van der Waals surface area contributed by atoms with Crippen LogP contribution in [0.15, 0.2) is 48.5 Å². The zero-order valence-corrected chi connectivity index (χ0v) is 15.5. The quantitative estimate of drug-likeness (QED) is 0.864. The molecule has 0 aromatic heterocycles. The Labute approximate surface area is 148 Å². The van der Waals surface area contributed by atoms with Crippen LogP contribution in [0.1, 0.15) is 17.5 Å². The van der Waals surface area contributed by atoms with Gasteiger partial charge in [0.2, 0.25) is 20.0 Å². The van der Waals surface area contributed by atoms with E-state index in [2.05, 4.69) is 4.72 Å². The summed E-state index contributed by atoms with van der Waals surface area (Å²) in [5, 5.41) is 0. The molecule has 0 radical (unpaired) electrons. The first kappa shape index (κ1) is 17.8. The van der Waals surface area contributed by atoms with Crippen molar-refractivity contribution in [1.82, 2.24) is 0 Å². The molecule has 0 aliphatic carbocycles. The summed E-state index contributed by atoms with van der Waals surface area (Å²) in [6.07, 6.45) is 0.575. The van der Waals surface area contributed by atoms with Crippen LogP contribution >= 0.6 is 0 Å². The van der Waals surface area contributed by atoms with Crippen molar-refractivity contribution in [2.45, 2.75) is 19.1 Å². The molecule has 0 bridgehead atoms. The molecule has 1 saturated heterocycles. The molecule has 3 rings (SSSR count). The summed E-state index contributed by atoms with van der Waals surface area (Å²) in [6.45, 7) is 2.28. The molecule has 2 aromatic carbocycles. The van der Waals surface area contributed by atoms with E-state index in [1.807, 2.05) is 19.1 Å². The number of aryl methyl sites for hydroxylation is 1. The maximum atomic E-state index is 12.4. The van der Waals surface area contributed by atoms with Crippen LogP contribution in [0.3, 0.4) is 0 Å². The summed E-state index contributed by atoms with van der Waals surface area (Å²) in [5.41, 5.74) is 2.47. The van der Waals surface area contributed by atoms with E-state index < -0.39 is 20.0 Å². The molecular weight excluding hydrogens is 360 g/mol. The van der Waals surface area contributed by atoms with Gasteiger partial charge in [0.05, 0.1) is 22.9 Å². The minimum atomic E-state index is -3.60. The summed E-state index contributed by atoms with van der Waals surface area (Å²) in [7, 11) is -6.90. The second-order valence-electron chi connectivity index (χ2n) is 6.08. The molecule has 6 nitrogen and oxygen atoms in total. The van der Waals surface area contributed by atoms with Crippen LogP contribution in [-0.4, -0.2) is 29.1 Å². The average molecular weight is 380 g/mol. The highest BCUT2D eigenvalue weighted by atomic mass is 32.2. The maximum Gasteiger partial charge on any atom is 0.236 e. The Morgan fingerprint density at radius 1 is 1.12 bits per heavy atom. The highest BCUT2D eigenvalue weighted by molar-refractivity contribution is 7.93. The number of nitrogens with zero attached hydrogens (tertiary/aromatic N) is 1. The lowest BCUT2D eigenvalue weighted by Gasteiger charge is -2.18. The molecule has 2 aromatic rings. The summed E-state index contributed by atoms with van der Waals surface area (Å²) >= 11 is 0. The van der Waals surface area contributed by atoms with Crippen LogP contribution < -0.4 is 9.03 Å². The van der Waals surface area contributed by atoms with Crippen molar-refractivity contribution in [2.75, 3.05) is 21.3 Å². The van der Waals surface area contributed by atoms with Crippen molar-refractivity contribution >= 4 is 31.4 Å². The van der Waals surface area contributed by atoms with Gasteiger partial charge in [-0.25, -0.2) is 16.8 Å². The predicted octanol–water partition coefficient (Wildman–Crippen LogP) is 2.48. The molecule has 0 amide bonds. The van der Waals surface area contributed by atoms with Gasteiger partial charge in [0.25, 0.3) is 0 Å². The van der Waals surface area contributed by atoms with Crippen molar-refractivity contribution in [3.63, 3.8) is 0 Å². The fourth-order valence-corrected chi connectivity index (χ4v) is 5.69. The number of anilines is 2. The van der Waals surface area contributed by atoms with Crippen molar-refractivity contribution in [1.29, 1.82) is 0 Å². The van der Waals surface area contributed by atoms with E-state index in [1.54, 1.807) is 36.4 Å². The van der Waals surface area contributed by atoms with E-state index >= 15 is 0 Å². The zero-order valence-electron chi connectivity index (χ0n) is 13.8. The smallest absolute Gasteiger partial charge is 0.236 e. The minimum Gasteiger partial charge on any atom is -0.283 e. The SMILES string of the molecule is Cc1ccccc1CS(=O)(=O)Nc1cccc(N2CCCS2(=O)=O)c1. The molecule has 0 unspecified atom stereocenters. The monoisotopic (exact) mass is 380 g/mol. The van der Waals surface area contributed by atoms with Gasteiger partial charge < -0.3 is 0 Å². The van der Waals surface area contributed by atoms with Gasteiger partial charge in [-0.15, -0.1) is 0 Å². The number of hydrogen-bond donors (Lipinski definition) is 1. The van der Waals surface area contributed by atoms with Crippen LogP contribution in [0.25, 0.3) is 0 Å². The van der Waals surface area contributed by atoms with Crippen molar-refractivity contribution in [3.05, 3.63) is 59.7 Å². The molecule has 134 valence electrons. The van der Waals surface area contributed by atoms with Gasteiger partial charge in [-0.3, -0.25) is 9.03 Å². The third-order valence-corrected chi connectivity index (χ3v) is 7.22. The second kappa shape index (κ2) is 6.68. The molecule has 1 heterocycles. The van der Waals surface area contributed by atoms with Gasteiger partial charge in [-0.2, -0.15) is 0 Å². The van der Waals surface area contributed by atoms with Crippen molar-refractivity contribution in [3.8, 4) is 0 Å². The summed E-state index contributed by atoms with van der Waals surface area (Å²) < 4.78 is 52.8. The lowest BCUT2D eigenvalue weighted by atomic mass is 10.1. The first-order chi connectivity index (χ1) is 11.8. The largest absolute Gasteiger partial charge is 0.283 e. The molecule has 1 N–H and O–H groups in total. The van der Waals surface area contributed by atoms with E-state index in [0.29, 0.717) is 24.3 Å². The van der Waals surface area contributed by atoms with Crippen molar-refractivity contribution < 1.29 is 16.8 Å². The van der Waals surface area contributed by atoms with Gasteiger partial charge >= 0.3 is 0 Å². The molecule has 0 spiro atoms. The topological polar surface area (TPSA) is 83.6 Å². The van der Waals surface area contributed by atoms with Crippen LogP contribution in [0, 0.1) is 6.92 Å². The van der Waals surface area contributed by atoms with Gasteiger partial charge in [-0.05, 0) is 42.7 Å². The normalized spacial score (nSPS) is 16.8. The van der Waals surface area contributed by atoms with E-state index in [9.17, 15) is 16.8 Å². The fraction of sp³-hybridized carbons (Fsp3) is 0.294. The second-order valence-corrected chi connectivity index (χ2v) is 9.81. The molecule has 1 fully saturated rings. The number of benzene rings is 2. The van der Waals surface area contributed by atoms with Crippen LogP contribution in [-0.2, 0) is 25.8 Å². The van der Waals surface area contributed by atoms with Crippen LogP contribution in [0.2, 0.25) is 0 Å². The van der Waals surface area contributed by atoms with E-state index in [0.717, 1.165) is 11.1 Å². The maximum absolute atomic E-state index is 12.4. The third-order valence-electron chi connectivity index (χ3n) is 4.11. The van der Waals surface area contributed by atoms with Crippen LogP contribution in [0.5, 0.6) is 0 Å². The Hall–Kier alpha value is -2.06. The molecule has 0 atom stereocenters. The van der Waals surface area contributed by atoms with E-state index in [4.69, 9.17) is 0 Å². The number of nitrogens with one attached hydrogen (secondary N) is 1. The molecule has 8 heteroatoms. The Morgan fingerprint density at radius 3 is 2.56 bits per heavy atom. The Morgan fingerprint density at radius 2 is 1.88 bits per heavy atom.